The van der Waals surface area contributed by atoms with Crippen molar-refractivity contribution >= 4 is 11.3 Å². The van der Waals surface area contributed by atoms with Gasteiger partial charge in [0.15, 0.2) is 0 Å². The Kier molecular flexibility index (Phi) is 3.91. The number of aromatic nitrogens is 1. The molecule has 0 saturated carbocycles. The summed E-state index contributed by atoms with van der Waals surface area (Å²) in [6.07, 6.45) is 4.63. The molecular weight excluding hydrogens is 194 g/mol. The maximum atomic E-state index is 4.05. The van der Waals surface area contributed by atoms with Crippen LogP contribution in [0.1, 0.15) is 17.7 Å². The van der Waals surface area contributed by atoms with Gasteiger partial charge >= 0.3 is 0 Å². The summed E-state index contributed by atoms with van der Waals surface area (Å²) in [7, 11) is 0. The highest BCUT2D eigenvalue weighted by molar-refractivity contribution is 7.09. The summed E-state index contributed by atoms with van der Waals surface area (Å²) in [5.41, 5.74) is 1.89. The molecule has 2 rings (SSSR count). The first kappa shape index (κ1) is 10.1. The zero-order chi connectivity index (χ0) is 9.64. The van der Waals surface area contributed by atoms with Gasteiger partial charge in [-0.3, -0.25) is 4.98 Å². The number of hydrogen-bond donors (Lipinski definition) is 2. The van der Waals surface area contributed by atoms with Crippen molar-refractivity contribution in [2.75, 3.05) is 19.6 Å². The molecule has 0 amide bonds. The van der Waals surface area contributed by atoms with E-state index in [0.29, 0.717) is 0 Å². The van der Waals surface area contributed by atoms with Gasteiger partial charge in [0.2, 0.25) is 0 Å². The first-order valence-electron chi connectivity index (χ1n) is 5.24. The monoisotopic (exact) mass is 211 g/mol. The molecule has 4 heteroatoms. The Morgan fingerprint density at radius 2 is 2.64 bits per heavy atom. The summed E-state index contributed by atoms with van der Waals surface area (Å²) in [6.45, 7) is 4.48. The summed E-state index contributed by atoms with van der Waals surface area (Å²) in [5, 5.41) is 6.92. The van der Waals surface area contributed by atoms with Crippen molar-refractivity contribution < 1.29 is 0 Å². The normalized spacial score (nSPS) is 22.4. The number of thiazole rings is 1. The Bertz CT molecular complexity index is 242. The predicted molar refractivity (Wildman–Crippen MR) is 59.4 cm³/mol. The van der Waals surface area contributed by atoms with Gasteiger partial charge in [0.25, 0.3) is 0 Å². The van der Waals surface area contributed by atoms with E-state index in [1.807, 2.05) is 11.7 Å². The van der Waals surface area contributed by atoms with Crippen LogP contribution in [0.25, 0.3) is 0 Å². The van der Waals surface area contributed by atoms with Crippen LogP contribution in [-0.2, 0) is 6.54 Å². The van der Waals surface area contributed by atoms with Crippen molar-refractivity contribution in [3.8, 4) is 0 Å². The van der Waals surface area contributed by atoms with Gasteiger partial charge in [-0.05, 0) is 38.4 Å². The highest BCUT2D eigenvalue weighted by atomic mass is 32.1. The number of nitrogens with zero attached hydrogens (tertiary/aromatic N) is 1. The SMILES string of the molecule is c1ncc(CNC[C@@H]2CCCNC2)s1. The molecule has 2 heterocycles. The van der Waals surface area contributed by atoms with Crippen LogP contribution in [0.4, 0.5) is 0 Å². The fraction of sp³-hybridized carbons (Fsp3) is 0.700. The van der Waals surface area contributed by atoms with E-state index in [4.69, 9.17) is 0 Å². The Balaban J connectivity index is 1.62. The molecule has 1 aromatic heterocycles. The molecule has 0 spiro atoms. The van der Waals surface area contributed by atoms with Crippen LogP contribution in [0, 0.1) is 5.92 Å². The molecule has 0 radical (unpaired) electrons. The number of nitrogens with one attached hydrogen (secondary N) is 2. The predicted octanol–water partition coefficient (Wildman–Crippen LogP) is 1.23. The first-order chi connectivity index (χ1) is 6.95. The molecule has 0 aliphatic carbocycles. The van der Waals surface area contributed by atoms with E-state index < -0.39 is 0 Å². The molecule has 1 saturated heterocycles. The van der Waals surface area contributed by atoms with Gasteiger partial charge in [0.1, 0.15) is 0 Å². The molecule has 1 aromatic rings. The second kappa shape index (κ2) is 5.44. The lowest BCUT2D eigenvalue weighted by atomic mass is 10.00. The van der Waals surface area contributed by atoms with Crippen molar-refractivity contribution in [2.45, 2.75) is 19.4 Å². The number of rotatable bonds is 4. The molecule has 0 bridgehead atoms. The zero-order valence-corrected chi connectivity index (χ0v) is 9.15. The maximum absolute atomic E-state index is 4.05. The van der Waals surface area contributed by atoms with Crippen LogP contribution in [0.3, 0.4) is 0 Å². The van der Waals surface area contributed by atoms with Crippen LogP contribution < -0.4 is 10.6 Å². The number of piperidine rings is 1. The molecule has 0 unspecified atom stereocenters. The summed E-state index contributed by atoms with van der Waals surface area (Å²) in [4.78, 5) is 5.38. The van der Waals surface area contributed by atoms with E-state index >= 15 is 0 Å². The van der Waals surface area contributed by atoms with Crippen LogP contribution in [0.2, 0.25) is 0 Å². The Morgan fingerprint density at radius 3 is 3.36 bits per heavy atom. The maximum Gasteiger partial charge on any atom is 0.0794 e. The van der Waals surface area contributed by atoms with Gasteiger partial charge in [-0.2, -0.15) is 0 Å². The molecule has 78 valence electrons. The standard InChI is InChI=1S/C10H17N3S/c1-2-9(4-11-3-1)5-12-6-10-7-13-8-14-10/h7-9,11-12H,1-6H2/t9-/m1/s1. The van der Waals surface area contributed by atoms with Gasteiger partial charge in [-0.25, -0.2) is 0 Å². The molecule has 1 fully saturated rings. The van der Waals surface area contributed by atoms with Crippen LogP contribution in [0.5, 0.6) is 0 Å². The fourth-order valence-electron chi connectivity index (χ4n) is 1.83. The molecule has 1 aliphatic heterocycles. The molecular formula is C10H17N3S. The van der Waals surface area contributed by atoms with E-state index in [1.54, 1.807) is 11.3 Å². The number of hydrogen-bond acceptors (Lipinski definition) is 4. The van der Waals surface area contributed by atoms with E-state index in [9.17, 15) is 0 Å². The molecule has 0 aromatic carbocycles. The quantitative estimate of drug-likeness (QED) is 0.786. The summed E-state index contributed by atoms with van der Waals surface area (Å²) in [6, 6.07) is 0. The van der Waals surface area contributed by atoms with E-state index in [1.165, 1.54) is 30.8 Å². The van der Waals surface area contributed by atoms with Crippen molar-refractivity contribution in [1.82, 2.24) is 15.6 Å². The van der Waals surface area contributed by atoms with Gasteiger partial charge in [-0.1, -0.05) is 0 Å². The molecule has 2 N–H and O–H groups in total. The average Bonchev–Trinajstić information content (AvgIpc) is 2.72. The molecule has 1 aliphatic rings. The first-order valence-corrected chi connectivity index (χ1v) is 6.12. The van der Waals surface area contributed by atoms with Crippen LogP contribution in [0.15, 0.2) is 11.7 Å². The topological polar surface area (TPSA) is 37.0 Å². The smallest absolute Gasteiger partial charge is 0.0794 e. The van der Waals surface area contributed by atoms with Crippen LogP contribution >= 0.6 is 11.3 Å². The third kappa shape index (κ3) is 3.04. The van der Waals surface area contributed by atoms with Gasteiger partial charge in [0.05, 0.1) is 5.51 Å². The van der Waals surface area contributed by atoms with E-state index in [0.717, 1.165) is 19.0 Å². The van der Waals surface area contributed by atoms with Crippen LogP contribution in [-0.4, -0.2) is 24.6 Å². The molecule has 14 heavy (non-hydrogen) atoms. The highest BCUT2D eigenvalue weighted by Crippen LogP contribution is 2.09. The Hall–Kier alpha value is -0.450. The van der Waals surface area contributed by atoms with Gasteiger partial charge in [-0.15, -0.1) is 11.3 Å². The van der Waals surface area contributed by atoms with E-state index in [2.05, 4.69) is 15.6 Å². The minimum absolute atomic E-state index is 0.816. The van der Waals surface area contributed by atoms with Crippen molar-refractivity contribution in [3.05, 3.63) is 16.6 Å². The summed E-state index contributed by atoms with van der Waals surface area (Å²) < 4.78 is 0. The lowest BCUT2D eigenvalue weighted by Gasteiger charge is -2.22. The Morgan fingerprint density at radius 1 is 1.64 bits per heavy atom. The van der Waals surface area contributed by atoms with Crippen molar-refractivity contribution in [2.24, 2.45) is 5.92 Å². The average molecular weight is 211 g/mol. The summed E-state index contributed by atoms with van der Waals surface area (Å²) >= 11 is 1.72. The van der Waals surface area contributed by atoms with Crippen molar-refractivity contribution in [1.29, 1.82) is 0 Å². The molecule has 3 nitrogen and oxygen atoms in total. The highest BCUT2D eigenvalue weighted by Gasteiger charge is 2.11. The fourth-order valence-corrected chi connectivity index (χ4v) is 2.39. The zero-order valence-electron chi connectivity index (χ0n) is 8.33. The lowest BCUT2D eigenvalue weighted by Crippen LogP contribution is -2.35. The molecule has 1 atom stereocenters. The second-order valence-corrected chi connectivity index (χ2v) is 4.78. The minimum atomic E-state index is 0.816. The minimum Gasteiger partial charge on any atom is -0.316 e. The summed E-state index contributed by atoms with van der Waals surface area (Å²) in [5.74, 6) is 0.816. The Labute approximate surface area is 88.9 Å². The lowest BCUT2D eigenvalue weighted by molar-refractivity contribution is 0.360. The second-order valence-electron chi connectivity index (χ2n) is 3.81. The van der Waals surface area contributed by atoms with Crippen molar-refractivity contribution in [3.63, 3.8) is 0 Å². The third-order valence-electron chi connectivity index (χ3n) is 2.61. The largest absolute Gasteiger partial charge is 0.316 e. The van der Waals surface area contributed by atoms with E-state index in [-0.39, 0.29) is 0 Å². The van der Waals surface area contributed by atoms with Gasteiger partial charge in [0, 0.05) is 17.6 Å². The third-order valence-corrected chi connectivity index (χ3v) is 3.39. The van der Waals surface area contributed by atoms with Gasteiger partial charge < -0.3 is 10.6 Å².